The Morgan fingerprint density at radius 2 is 2.32 bits per heavy atom. The number of piperidine rings is 1. The van der Waals surface area contributed by atoms with Crippen molar-refractivity contribution in [1.29, 1.82) is 0 Å². The van der Waals surface area contributed by atoms with Crippen LogP contribution in [0, 0.1) is 5.92 Å². The van der Waals surface area contributed by atoms with Crippen molar-refractivity contribution in [2.24, 2.45) is 5.92 Å². The zero-order chi connectivity index (χ0) is 17.5. The van der Waals surface area contributed by atoms with E-state index in [0.29, 0.717) is 24.2 Å². The summed E-state index contributed by atoms with van der Waals surface area (Å²) in [5.74, 6) is 2.02. The van der Waals surface area contributed by atoms with Gasteiger partial charge in [0.15, 0.2) is 5.13 Å². The van der Waals surface area contributed by atoms with Crippen LogP contribution in [0.2, 0.25) is 0 Å². The van der Waals surface area contributed by atoms with Crippen molar-refractivity contribution >= 4 is 22.4 Å². The molecule has 2 heterocycles. The van der Waals surface area contributed by atoms with Crippen LogP contribution in [0.25, 0.3) is 0 Å². The van der Waals surface area contributed by atoms with E-state index < -0.39 is 0 Å². The minimum Gasteiger partial charge on any atom is -0.497 e. The van der Waals surface area contributed by atoms with Gasteiger partial charge in [-0.05, 0) is 31.5 Å². The van der Waals surface area contributed by atoms with Gasteiger partial charge < -0.3 is 14.8 Å². The first kappa shape index (κ1) is 17.7. The molecule has 1 aromatic carbocycles. The highest BCUT2D eigenvalue weighted by Gasteiger charge is 2.22. The molecule has 0 saturated carbocycles. The van der Waals surface area contributed by atoms with Crippen molar-refractivity contribution < 1.29 is 14.3 Å². The van der Waals surface area contributed by atoms with Crippen LogP contribution in [0.5, 0.6) is 11.5 Å². The number of likely N-dealkylation sites (tertiary alicyclic amines) is 1. The highest BCUT2D eigenvalue weighted by molar-refractivity contribution is 7.13. The molecule has 2 aromatic rings. The van der Waals surface area contributed by atoms with E-state index in [0.717, 1.165) is 37.4 Å². The quantitative estimate of drug-likeness (QED) is 0.822. The van der Waals surface area contributed by atoms with Crippen molar-refractivity contribution in [2.45, 2.75) is 12.8 Å². The van der Waals surface area contributed by atoms with Gasteiger partial charge in [-0.2, -0.15) is 0 Å². The van der Waals surface area contributed by atoms with E-state index in [9.17, 15) is 4.79 Å². The monoisotopic (exact) mass is 361 g/mol. The Kier molecular flexibility index (Phi) is 6.25. The zero-order valence-corrected chi connectivity index (χ0v) is 15.1. The Bertz CT molecular complexity index is 678. The number of rotatable bonds is 7. The lowest BCUT2D eigenvalue weighted by Gasteiger charge is -2.32. The van der Waals surface area contributed by atoms with Gasteiger partial charge in [0.25, 0.3) is 0 Å². The maximum absolute atomic E-state index is 12.1. The van der Waals surface area contributed by atoms with Crippen molar-refractivity contribution in [3.05, 3.63) is 35.8 Å². The third-order valence-corrected chi connectivity index (χ3v) is 4.86. The number of nitrogens with one attached hydrogen (secondary N) is 1. The maximum atomic E-state index is 12.1. The van der Waals surface area contributed by atoms with Crippen molar-refractivity contribution in [1.82, 2.24) is 9.88 Å². The van der Waals surface area contributed by atoms with Gasteiger partial charge in [-0.25, -0.2) is 4.98 Å². The van der Waals surface area contributed by atoms with Crippen molar-refractivity contribution in [3.8, 4) is 11.5 Å². The van der Waals surface area contributed by atoms with Crippen molar-refractivity contribution in [3.63, 3.8) is 0 Å². The van der Waals surface area contributed by atoms with Gasteiger partial charge in [-0.3, -0.25) is 9.69 Å². The van der Waals surface area contributed by atoms with Gasteiger partial charge >= 0.3 is 0 Å². The van der Waals surface area contributed by atoms with Gasteiger partial charge in [0.05, 0.1) is 20.3 Å². The molecule has 6 nitrogen and oxygen atoms in total. The average molecular weight is 361 g/mol. The smallest absolute Gasteiger partial charge is 0.240 e. The van der Waals surface area contributed by atoms with E-state index >= 15 is 0 Å². The zero-order valence-electron chi connectivity index (χ0n) is 14.3. The SMILES string of the molecule is COc1cccc(OCC2CCCN(CC(=O)Nc3nccs3)C2)c1. The van der Waals surface area contributed by atoms with Crippen LogP contribution in [0.3, 0.4) is 0 Å². The number of carbonyl (C=O) groups excluding carboxylic acids is 1. The lowest BCUT2D eigenvalue weighted by Crippen LogP contribution is -2.42. The summed E-state index contributed by atoms with van der Waals surface area (Å²) in [5.41, 5.74) is 0. The molecule has 1 unspecified atom stereocenters. The Hall–Kier alpha value is -2.12. The molecule has 1 fully saturated rings. The average Bonchev–Trinajstić information content (AvgIpc) is 3.13. The topological polar surface area (TPSA) is 63.7 Å². The highest BCUT2D eigenvalue weighted by Crippen LogP contribution is 2.22. The number of thiazole rings is 1. The van der Waals surface area contributed by atoms with Gasteiger partial charge in [0.1, 0.15) is 11.5 Å². The molecule has 0 radical (unpaired) electrons. The summed E-state index contributed by atoms with van der Waals surface area (Å²) in [6, 6.07) is 7.65. The lowest BCUT2D eigenvalue weighted by molar-refractivity contribution is -0.117. The highest BCUT2D eigenvalue weighted by atomic mass is 32.1. The number of carbonyl (C=O) groups is 1. The molecule has 1 aliphatic rings. The van der Waals surface area contributed by atoms with Gasteiger partial charge in [0.2, 0.25) is 5.91 Å². The van der Waals surface area contributed by atoms with E-state index in [1.165, 1.54) is 11.3 Å². The predicted molar refractivity (Wildman–Crippen MR) is 98.4 cm³/mol. The predicted octanol–water partition coefficient (Wildman–Crippen LogP) is 2.88. The second-order valence-corrected chi connectivity index (χ2v) is 7.01. The number of hydrogen-bond acceptors (Lipinski definition) is 6. The van der Waals surface area contributed by atoms with E-state index in [1.807, 2.05) is 29.6 Å². The normalized spacial score (nSPS) is 17.9. The lowest BCUT2D eigenvalue weighted by atomic mass is 9.99. The number of ether oxygens (including phenoxy) is 2. The minimum absolute atomic E-state index is 0.00989. The summed E-state index contributed by atoms with van der Waals surface area (Å²) < 4.78 is 11.1. The fourth-order valence-corrected chi connectivity index (χ4v) is 3.53. The molecular formula is C18H23N3O3S. The van der Waals surface area contributed by atoms with Crippen LogP contribution < -0.4 is 14.8 Å². The molecule has 25 heavy (non-hydrogen) atoms. The molecule has 1 aliphatic heterocycles. The molecule has 1 amide bonds. The van der Waals surface area contributed by atoms with Crippen LogP contribution in [0.15, 0.2) is 35.8 Å². The van der Waals surface area contributed by atoms with Crippen LogP contribution >= 0.6 is 11.3 Å². The molecule has 7 heteroatoms. The molecule has 0 bridgehead atoms. The third-order valence-electron chi connectivity index (χ3n) is 4.18. The fourth-order valence-electron chi connectivity index (χ4n) is 2.98. The first-order chi connectivity index (χ1) is 12.2. The standard InChI is InChI=1S/C18H23N3O3S/c1-23-15-5-2-6-16(10-15)24-13-14-4-3-8-21(11-14)12-17(22)20-18-19-7-9-25-18/h2,5-7,9-10,14H,3-4,8,11-13H2,1H3,(H,19,20,22). The number of anilines is 1. The van der Waals surface area contributed by atoms with Crippen LogP contribution in [0.4, 0.5) is 5.13 Å². The molecule has 1 N–H and O–H groups in total. The Morgan fingerprint density at radius 3 is 3.12 bits per heavy atom. The molecule has 1 saturated heterocycles. The number of amides is 1. The van der Waals surface area contributed by atoms with Crippen LogP contribution in [-0.4, -0.2) is 49.1 Å². The third kappa shape index (κ3) is 5.44. The molecular weight excluding hydrogens is 338 g/mol. The second-order valence-electron chi connectivity index (χ2n) is 6.12. The number of methoxy groups -OCH3 is 1. The van der Waals surface area contributed by atoms with E-state index in [2.05, 4.69) is 15.2 Å². The van der Waals surface area contributed by atoms with Crippen LogP contribution in [0.1, 0.15) is 12.8 Å². The van der Waals surface area contributed by atoms with Gasteiger partial charge in [-0.15, -0.1) is 11.3 Å². The molecule has 0 aliphatic carbocycles. The first-order valence-electron chi connectivity index (χ1n) is 8.41. The van der Waals surface area contributed by atoms with E-state index in [-0.39, 0.29) is 5.91 Å². The first-order valence-corrected chi connectivity index (χ1v) is 9.29. The number of benzene rings is 1. The van der Waals surface area contributed by atoms with E-state index in [4.69, 9.17) is 9.47 Å². The summed E-state index contributed by atoms with van der Waals surface area (Å²) in [6.45, 7) is 2.86. The van der Waals surface area contributed by atoms with Crippen molar-refractivity contribution in [2.75, 3.05) is 38.7 Å². The summed E-state index contributed by atoms with van der Waals surface area (Å²) in [6.07, 6.45) is 3.89. The fraction of sp³-hybridized carbons (Fsp3) is 0.444. The Labute approximate surface area is 151 Å². The summed E-state index contributed by atoms with van der Waals surface area (Å²) >= 11 is 1.43. The number of hydrogen-bond donors (Lipinski definition) is 1. The maximum Gasteiger partial charge on any atom is 0.240 e. The largest absolute Gasteiger partial charge is 0.497 e. The Balaban J connectivity index is 1.45. The summed E-state index contributed by atoms with van der Waals surface area (Å²) in [4.78, 5) is 18.4. The number of aromatic nitrogens is 1. The number of nitrogens with zero attached hydrogens (tertiary/aromatic N) is 2. The summed E-state index contributed by atoms with van der Waals surface area (Å²) in [7, 11) is 1.65. The minimum atomic E-state index is -0.00989. The summed E-state index contributed by atoms with van der Waals surface area (Å²) in [5, 5.41) is 5.34. The Morgan fingerprint density at radius 1 is 1.44 bits per heavy atom. The van der Waals surface area contributed by atoms with Gasteiger partial charge in [0, 0.05) is 30.1 Å². The molecule has 1 aromatic heterocycles. The molecule has 134 valence electrons. The molecule has 0 spiro atoms. The molecule has 1 atom stereocenters. The second kappa shape index (κ2) is 8.82. The van der Waals surface area contributed by atoms with E-state index in [1.54, 1.807) is 13.3 Å². The van der Waals surface area contributed by atoms with Gasteiger partial charge in [-0.1, -0.05) is 6.07 Å². The molecule has 3 rings (SSSR count). The van der Waals surface area contributed by atoms with Crippen LogP contribution in [-0.2, 0) is 4.79 Å².